The average molecular weight is 370 g/mol. The molecule has 6 heteroatoms. The van der Waals surface area contributed by atoms with Gasteiger partial charge in [0.15, 0.2) is 5.11 Å². The van der Waals surface area contributed by atoms with Crippen LogP contribution in [0.5, 0.6) is 5.75 Å². The Bertz CT molecular complexity index is 794. The van der Waals surface area contributed by atoms with Crippen LogP contribution < -0.4 is 15.0 Å². The first kappa shape index (κ1) is 18.4. The molecule has 136 valence electrons. The molecular formula is C20H22N2O3S. The van der Waals surface area contributed by atoms with Gasteiger partial charge in [-0.05, 0) is 55.4 Å². The van der Waals surface area contributed by atoms with E-state index in [2.05, 4.69) is 11.4 Å². The molecule has 0 unspecified atom stereocenters. The summed E-state index contributed by atoms with van der Waals surface area (Å²) in [5.74, 6) is 0.393. The van der Waals surface area contributed by atoms with Gasteiger partial charge in [-0.3, -0.25) is 10.1 Å². The summed E-state index contributed by atoms with van der Waals surface area (Å²) < 4.78 is 10.8. The van der Waals surface area contributed by atoms with Gasteiger partial charge in [0, 0.05) is 24.4 Å². The van der Waals surface area contributed by atoms with E-state index in [1.807, 2.05) is 36.1 Å². The summed E-state index contributed by atoms with van der Waals surface area (Å²) >= 11 is 5.44. The SMILES string of the molecule is CCOCCOc1cccc(C(=O)NC(=S)N2CCc3ccccc32)c1. The molecule has 2 aromatic rings. The summed E-state index contributed by atoms with van der Waals surface area (Å²) in [6.07, 6.45) is 0.926. The van der Waals surface area contributed by atoms with Gasteiger partial charge >= 0.3 is 0 Å². The second kappa shape index (κ2) is 8.78. The first-order chi connectivity index (χ1) is 12.7. The number of fused-ring (bicyclic) bond motifs is 1. The van der Waals surface area contributed by atoms with Crippen molar-refractivity contribution >= 4 is 28.9 Å². The molecule has 1 amide bonds. The van der Waals surface area contributed by atoms with Crippen molar-refractivity contribution < 1.29 is 14.3 Å². The van der Waals surface area contributed by atoms with Crippen LogP contribution in [0.2, 0.25) is 0 Å². The van der Waals surface area contributed by atoms with Gasteiger partial charge in [-0.1, -0.05) is 24.3 Å². The van der Waals surface area contributed by atoms with Crippen molar-refractivity contribution in [2.75, 3.05) is 31.3 Å². The van der Waals surface area contributed by atoms with E-state index < -0.39 is 0 Å². The van der Waals surface area contributed by atoms with E-state index >= 15 is 0 Å². The number of hydrogen-bond donors (Lipinski definition) is 1. The fourth-order valence-corrected chi connectivity index (χ4v) is 3.16. The number of carbonyl (C=O) groups excluding carboxylic acids is 1. The quantitative estimate of drug-likeness (QED) is 0.625. The average Bonchev–Trinajstić information content (AvgIpc) is 3.10. The van der Waals surface area contributed by atoms with Gasteiger partial charge in [-0.15, -0.1) is 0 Å². The van der Waals surface area contributed by atoms with Gasteiger partial charge in [0.1, 0.15) is 12.4 Å². The zero-order valence-electron chi connectivity index (χ0n) is 14.7. The summed E-state index contributed by atoms with van der Waals surface area (Å²) in [6, 6.07) is 15.2. The van der Waals surface area contributed by atoms with Crippen molar-refractivity contribution in [2.45, 2.75) is 13.3 Å². The van der Waals surface area contributed by atoms with Gasteiger partial charge in [0.2, 0.25) is 0 Å². The zero-order chi connectivity index (χ0) is 18.4. The Kier molecular flexibility index (Phi) is 6.20. The van der Waals surface area contributed by atoms with E-state index in [9.17, 15) is 4.79 Å². The van der Waals surface area contributed by atoms with Crippen LogP contribution in [0.15, 0.2) is 48.5 Å². The van der Waals surface area contributed by atoms with Crippen LogP contribution in [0.3, 0.4) is 0 Å². The number of rotatable bonds is 6. The number of amides is 1. The lowest BCUT2D eigenvalue weighted by Gasteiger charge is -2.20. The number of anilines is 1. The highest BCUT2D eigenvalue weighted by Gasteiger charge is 2.23. The Hall–Kier alpha value is -2.44. The first-order valence-electron chi connectivity index (χ1n) is 8.70. The van der Waals surface area contributed by atoms with Crippen LogP contribution in [-0.2, 0) is 11.2 Å². The predicted molar refractivity (Wildman–Crippen MR) is 106 cm³/mol. The van der Waals surface area contributed by atoms with Gasteiger partial charge in [0.05, 0.1) is 6.61 Å². The molecule has 0 saturated heterocycles. The molecule has 0 aromatic heterocycles. The van der Waals surface area contributed by atoms with Crippen LogP contribution in [0.4, 0.5) is 5.69 Å². The number of para-hydroxylation sites is 1. The minimum atomic E-state index is -0.241. The summed E-state index contributed by atoms with van der Waals surface area (Å²) in [4.78, 5) is 14.5. The topological polar surface area (TPSA) is 50.8 Å². The molecule has 1 aliphatic heterocycles. The normalized spacial score (nSPS) is 12.6. The van der Waals surface area contributed by atoms with Gasteiger partial charge in [-0.2, -0.15) is 0 Å². The number of hydrogen-bond acceptors (Lipinski definition) is 4. The molecule has 1 N–H and O–H groups in total. The minimum Gasteiger partial charge on any atom is -0.491 e. The third-order valence-electron chi connectivity index (χ3n) is 4.15. The second-order valence-electron chi connectivity index (χ2n) is 5.86. The maximum absolute atomic E-state index is 12.5. The van der Waals surface area contributed by atoms with Crippen LogP contribution >= 0.6 is 12.2 Å². The molecule has 1 heterocycles. The number of benzene rings is 2. The third-order valence-corrected chi connectivity index (χ3v) is 4.47. The van der Waals surface area contributed by atoms with Crippen LogP contribution in [0.1, 0.15) is 22.8 Å². The Labute approximate surface area is 158 Å². The summed E-state index contributed by atoms with van der Waals surface area (Å²) in [5, 5.41) is 3.24. The van der Waals surface area contributed by atoms with Gasteiger partial charge in [-0.25, -0.2) is 0 Å². The van der Waals surface area contributed by atoms with E-state index in [4.69, 9.17) is 21.7 Å². The van der Waals surface area contributed by atoms with Crippen molar-refractivity contribution in [3.05, 3.63) is 59.7 Å². The first-order valence-corrected chi connectivity index (χ1v) is 9.11. The van der Waals surface area contributed by atoms with E-state index in [1.165, 1.54) is 5.56 Å². The predicted octanol–water partition coefficient (Wildman–Crippen LogP) is 3.18. The van der Waals surface area contributed by atoms with E-state index in [0.29, 0.717) is 36.2 Å². The summed E-state index contributed by atoms with van der Waals surface area (Å²) in [6.45, 7) is 4.34. The molecular weight excluding hydrogens is 348 g/mol. The van der Waals surface area contributed by atoms with E-state index in [0.717, 1.165) is 18.7 Å². The van der Waals surface area contributed by atoms with Crippen molar-refractivity contribution in [2.24, 2.45) is 0 Å². The molecule has 0 aliphatic carbocycles. The molecule has 26 heavy (non-hydrogen) atoms. The van der Waals surface area contributed by atoms with E-state index in [1.54, 1.807) is 18.2 Å². The fourth-order valence-electron chi connectivity index (χ4n) is 2.88. The highest BCUT2D eigenvalue weighted by Crippen LogP contribution is 2.27. The monoisotopic (exact) mass is 370 g/mol. The van der Waals surface area contributed by atoms with Crippen molar-refractivity contribution in [3.63, 3.8) is 0 Å². The zero-order valence-corrected chi connectivity index (χ0v) is 15.6. The van der Waals surface area contributed by atoms with Crippen LogP contribution in [-0.4, -0.2) is 37.4 Å². The summed E-state index contributed by atoms with van der Waals surface area (Å²) in [5.41, 5.74) is 2.81. The number of nitrogens with one attached hydrogen (secondary N) is 1. The molecule has 1 aliphatic rings. The van der Waals surface area contributed by atoms with Gasteiger partial charge in [0.25, 0.3) is 5.91 Å². The second-order valence-corrected chi connectivity index (χ2v) is 6.25. The Morgan fingerprint density at radius 3 is 2.88 bits per heavy atom. The standard InChI is InChI=1S/C20H22N2O3S/c1-2-24-12-13-25-17-8-5-7-16(14-17)19(23)21-20(26)22-11-10-15-6-3-4-9-18(15)22/h3-9,14H,2,10-13H2,1H3,(H,21,23,26). The Morgan fingerprint density at radius 2 is 2.04 bits per heavy atom. The molecule has 0 spiro atoms. The Morgan fingerprint density at radius 1 is 1.19 bits per heavy atom. The molecule has 2 aromatic carbocycles. The molecule has 5 nitrogen and oxygen atoms in total. The molecule has 0 bridgehead atoms. The van der Waals surface area contributed by atoms with Crippen LogP contribution in [0, 0.1) is 0 Å². The Balaban J connectivity index is 1.60. The highest BCUT2D eigenvalue weighted by atomic mass is 32.1. The lowest BCUT2D eigenvalue weighted by atomic mass is 10.2. The molecule has 0 fully saturated rings. The van der Waals surface area contributed by atoms with Crippen molar-refractivity contribution in [3.8, 4) is 5.75 Å². The number of carbonyl (C=O) groups is 1. The molecule has 0 radical (unpaired) electrons. The maximum Gasteiger partial charge on any atom is 0.257 e. The van der Waals surface area contributed by atoms with Crippen molar-refractivity contribution in [1.82, 2.24) is 5.32 Å². The lowest BCUT2D eigenvalue weighted by Crippen LogP contribution is -2.41. The lowest BCUT2D eigenvalue weighted by molar-refractivity contribution is 0.0975. The molecule has 3 rings (SSSR count). The largest absolute Gasteiger partial charge is 0.491 e. The van der Waals surface area contributed by atoms with Crippen LogP contribution in [0.25, 0.3) is 0 Å². The van der Waals surface area contributed by atoms with Crippen molar-refractivity contribution in [1.29, 1.82) is 0 Å². The third kappa shape index (κ3) is 4.39. The number of ether oxygens (including phenoxy) is 2. The summed E-state index contributed by atoms with van der Waals surface area (Å²) in [7, 11) is 0. The molecule has 0 atom stereocenters. The number of nitrogens with zero attached hydrogens (tertiary/aromatic N) is 1. The fraction of sp³-hybridized carbons (Fsp3) is 0.300. The highest BCUT2D eigenvalue weighted by molar-refractivity contribution is 7.80. The minimum absolute atomic E-state index is 0.241. The van der Waals surface area contributed by atoms with E-state index in [-0.39, 0.29) is 5.91 Å². The van der Waals surface area contributed by atoms with Gasteiger partial charge < -0.3 is 14.4 Å². The maximum atomic E-state index is 12.5. The smallest absolute Gasteiger partial charge is 0.257 e. The molecule has 0 saturated carbocycles. The number of thiocarbonyl (C=S) groups is 1.